The minimum Gasteiger partial charge on any atom is -0.465 e. The molecule has 0 fully saturated rings. The predicted octanol–water partition coefficient (Wildman–Crippen LogP) is 3.87. The fourth-order valence-electron chi connectivity index (χ4n) is 2.02. The number of nitrogens with zero attached hydrogens (tertiary/aromatic N) is 1. The Labute approximate surface area is 147 Å². The number of nitro groups is 1. The van der Waals surface area contributed by atoms with Crippen molar-refractivity contribution in [3.05, 3.63) is 50.4 Å². The maximum atomic E-state index is 11.8. The molecular formula is C15H15N3O4S2. The number of carbonyl (C=O) groups is 1. The van der Waals surface area contributed by atoms with Crippen molar-refractivity contribution in [2.24, 2.45) is 0 Å². The van der Waals surface area contributed by atoms with Crippen molar-refractivity contribution in [1.29, 1.82) is 0 Å². The molecule has 2 aromatic rings. The van der Waals surface area contributed by atoms with Gasteiger partial charge >= 0.3 is 5.97 Å². The number of benzene rings is 1. The molecular weight excluding hydrogens is 350 g/mol. The van der Waals surface area contributed by atoms with Crippen LogP contribution in [0, 0.1) is 24.0 Å². The lowest BCUT2D eigenvalue weighted by Crippen LogP contribution is -2.20. The number of esters is 1. The molecule has 7 nitrogen and oxygen atoms in total. The lowest BCUT2D eigenvalue weighted by atomic mass is 10.2. The van der Waals surface area contributed by atoms with E-state index in [4.69, 9.17) is 17.0 Å². The molecule has 0 saturated heterocycles. The summed E-state index contributed by atoms with van der Waals surface area (Å²) in [7, 11) is 1.30. The fourth-order valence-corrected chi connectivity index (χ4v) is 3.20. The monoisotopic (exact) mass is 365 g/mol. The van der Waals surface area contributed by atoms with Crippen LogP contribution in [0.25, 0.3) is 0 Å². The first-order valence-corrected chi connectivity index (χ1v) is 8.06. The summed E-state index contributed by atoms with van der Waals surface area (Å²) in [6.45, 7) is 3.62. The summed E-state index contributed by atoms with van der Waals surface area (Å²) in [6.07, 6.45) is 0. The largest absolute Gasteiger partial charge is 0.465 e. The van der Waals surface area contributed by atoms with Crippen LogP contribution in [-0.4, -0.2) is 23.1 Å². The van der Waals surface area contributed by atoms with Gasteiger partial charge < -0.3 is 15.4 Å². The van der Waals surface area contributed by atoms with Crippen molar-refractivity contribution in [1.82, 2.24) is 0 Å². The van der Waals surface area contributed by atoms with Crippen LogP contribution in [0.1, 0.15) is 20.8 Å². The highest BCUT2D eigenvalue weighted by Crippen LogP contribution is 2.29. The molecule has 0 aliphatic heterocycles. The third-order valence-corrected chi connectivity index (χ3v) is 4.26. The number of anilines is 2. The summed E-state index contributed by atoms with van der Waals surface area (Å²) in [5.41, 5.74) is 1.33. The van der Waals surface area contributed by atoms with Crippen LogP contribution >= 0.6 is 23.6 Å². The smallest absolute Gasteiger partial charge is 0.340 e. The Kier molecular flexibility index (Phi) is 5.47. The van der Waals surface area contributed by atoms with Crippen LogP contribution in [0.2, 0.25) is 0 Å². The van der Waals surface area contributed by atoms with Gasteiger partial charge in [0.25, 0.3) is 5.69 Å². The summed E-state index contributed by atoms with van der Waals surface area (Å²) in [5.74, 6) is -0.481. The molecule has 0 spiro atoms. The molecule has 24 heavy (non-hydrogen) atoms. The van der Waals surface area contributed by atoms with Crippen molar-refractivity contribution >= 4 is 51.0 Å². The van der Waals surface area contributed by atoms with Gasteiger partial charge in [-0.3, -0.25) is 10.1 Å². The minimum absolute atomic E-state index is 0.0744. The van der Waals surface area contributed by atoms with Crippen LogP contribution in [0.3, 0.4) is 0 Å². The van der Waals surface area contributed by atoms with E-state index in [-0.39, 0.29) is 16.5 Å². The van der Waals surface area contributed by atoms with Crippen LogP contribution in [-0.2, 0) is 4.74 Å². The number of rotatable bonds is 4. The quantitative estimate of drug-likeness (QED) is 0.368. The van der Waals surface area contributed by atoms with Gasteiger partial charge in [-0.25, -0.2) is 4.79 Å². The maximum absolute atomic E-state index is 11.8. The average molecular weight is 365 g/mol. The zero-order valence-electron chi connectivity index (χ0n) is 13.2. The van der Waals surface area contributed by atoms with E-state index < -0.39 is 10.9 Å². The number of ether oxygens (including phenoxy) is 1. The van der Waals surface area contributed by atoms with E-state index in [9.17, 15) is 14.9 Å². The molecule has 0 aliphatic rings. The number of aryl methyl sites for hydroxylation is 2. The van der Waals surface area contributed by atoms with Gasteiger partial charge in [-0.2, -0.15) is 0 Å². The second-order valence-corrected chi connectivity index (χ2v) is 6.61. The van der Waals surface area contributed by atoms with E-state index in [0.29, 0.717) is 10.6 Å². The summed E-state index contributed by atoms with van der Waals surface area (Å²) >= 11 is 6.54. The Hall–Kier alpha value is -2.52. The summed E-state index contributed by atoms with van der Waals surface area (Å²) in [6, 6.07) is 6.48. The minimum atomic E-state index is -0.481. The normalized spacial score (nSPS) is 10.1. The highest BCUT2D eigenvalue weighted by Gasteiger charge is 2.18. The van der Waals surface area contributed by atoms with Gasteiger partial charge in [0.05, 0.1) is 17.6 Å². The molecule has 0 bridgehead atoms. The van der Waals surface area contributed by atoms with E-state index in [1.807, 2.05) is 6.92 Å². The number of nitrogens with one attached hydrogen (secondary N) is 2. The highest BCUT2D eigenvalue weighted by molar-refractivity contribution is 7.80. The number of methoxy groups -OCH3 is 1. The van der Waals surface area contributed by atoms with Crippen molar-refractivity contribution in [3.8, 4) is 0 Å². The van der Waals surface area contributed by atoms with Gasteiger partial charge in [0.2, 0.25) is 0 Å². The highest BCUT2D eigenvalue weighted by atomic mass is 32.1. The average Bonchev–Trinajstić information content (AvgIpc) is 2.88. The zero-order chi connectivity index (χ0) is 17.9. The molecule has 126 valence electrons. The first kappa shape index (κ1) is 17.8. The second-order valence-electron chi connectivity index (χ2n) is 4.95. The van der Waals surface area contributed by atoms with Crippen LogP contribution < -0.4 is 10.6 Å². The first-order chi connectivity index (χ1) is 11.3. The Morgan fingerprint density at radius 1 is 1.29 bits per heavy atom. The van der Waals surface area contributed by atoms with Gasteiger partial charge in [-0.05, 0) is 43.8 Å². The second kappa shape index (κ2) is 7.37. The molecule has 1 aromatic carbocycles. The molecule has 1 heterocycles. The number of hydrogen-bond donors (Lipinski definition) is 2. The lowest BCUT2D eigenvalue weighted by molar-refractivity contribution is -0.383. The van der Waals surface area contributed by atoms with Crippen molar-refractivity contribution in [3.63, 3.8) is 0 Å². The number of thiophene rings is 1. The van der Waals surface area contributed by atoms with Crippen molar-refractivity contribution in [2.75, 3.05) is 17.7 Å². The number of hydrogen-bond acceptors (Lipinski definition) is 6. The van der Waals surface area contributed by atoms with Crippen LogP contribution in [0.5, 0.6) is 0 Å². The van der Waals surface area contributed by atoms with Gasteiger partial charge in [0, 0.05) is 10.9 Å². The molecule has 0 aliphatic carbocycles. The molecule has 0 radical (unpaired) electrons. The molecule has 9 heteroatoms. The Morgan fingerprint density at radius 3 is 2.62 bits per heavy atom. The van der Waals surface area contributed by atoms with Gasteiger partial charge in [0.1, 0.15) is 10.7 Å². The number of nitro benzene ring substituents is 1. The Bertz CT molecular complexity index is 817. The van der Waals surface area contributed by atoms with E-state index in [2.05, 4.69) is 10.6 Å². The summed E-state index contributed by atoms with van der Waals surface area (Å²) in [5, 5.41) is 17.5. The standard InChI is InChI=1S/C15H15N3O4S2/c1-8-4-5-11(12(6-8)18(20)21)16-15(23)17-13-10(14(19)22-3)7-9(2)24-13/h4-7H,1-3H3,(H2,16,17,23). The third kappa shape index (κ3) is 4.06. The molecule has 1 aromatic heterocycles. The van der Waals surface area contributed by atoms with Crippen molar-refractivity contribution in [2.45, 2.75) is 13.8 Å². The zero-order valence-corrected chi connectivity index (χ0v) is 14.8. The molecule has 0 atom stereocenters. The van der Waals surface area contributed by atoms with E-state index in [0.717, 1.165) is 10.4 Å². The molecule has 2 N–H and O–H groups in total. The van der Waals surface area contributed by atoms with Crippen LogP contribution in [0.15, 0.2) is 24.3 Å². The first-order valence-electron chi connectivity index (χ1n) is 6.83. The number of carbonyl (C=O) groups excluding carboxylic acids is 1. The van der Waals surface area contributed by atoms with Gasteiger partial charge in [0.15, 0.2) is 5.11 Å². The van der Waals surface area contributed by atoms with E-state index >= 15 is 0 Å². The summed E-state index contributed by atoms with van der Waals surface area (Å²) in [4.78, 5) is 23.3. The fraction of sp³-hybridized carbons (Fsp3) is 0.200. The SMILES string of the molecule is COC(=O)c1cc(C)sc1NC(=S)Nc1ccc(C)cc1[N+](=O)[O-]. The number of thiocarbonyl (C=S) groups is 1. The Balaban J connectivity index is 2.21. The third-order valence-electron chi connectivity index (χ3n) is 3.09. The predicted molar refractivity (Wildman–Crippen MR) is 98.1 cm³/mol. The van der Waals surface area contributed by atoms with Gasteiger partial charge in [-0.15, -0.1) is 11.3 Å². The van der Waals surface area contributed by atoms with Crippen LogP contribution in [0.4, 0.5) is 16.4 Å². The molecule has 0 unspecified atom stereocenters. The topological polar surface area (TPSA) is 93.5 Å². The van der Waals surface area contributed by atoms with E-state index in [1.54, 1.807) is 25.1 Å². The summed E-state index contributed by atoms with van der Waals surface area (Å²) < 4.78 is 4.73. The molecule has 0 saturated carbocycles. The Morgan fingerprint density at radius 2 is 2.00 bits per heavy atom. The van der Waals surface area contributed by atoms with E-state index in [1.165, 1.54) is 24.5 Å². The lowest BCUT2D eigenvalue weighted by Gasteiger charge is -2.11. The van der Waals surface area contributed by atoms with Crippen molar-refractivity contribution < 1.29 is 14.5 Å². The molecule has 0 amide bonds. The van der Waals surface area contributed by atoms with Gasteiger partial charge in [-0.1, -0.05) is 6.07 Å². The maximum Gasteiger partial charge on any atom is 0.340 e. The molecule has 2 rings (SSSR count).